The van der Waals surface area contributed by atoms with Crippen molar-refractivity contribution in [3.8, 4) is 28.4 Å². The van der Waals surface area contributed by atoms with Gasteiger partial charge in [0.1, 0.15) is 5.75 Å². The van der Waals surface area contributed by atoms with Crippen LogP contribution in [0.5, 0.6) is 5.75 Å². The maximum atomic E-state index is 12.3. The molecular weight excluding hydrogens is 530 g/mol. The second-order valence-corrected chi connectivity index (χ2v) is 11.1. The Morgan fingerprint density at radius 2 is 1.83 bits per heavy atom. The normalized spacial score (nSPS) is 14.0. The third kappa shape index (κ3) is 4.98. The second kappa shape index (κ2) is 11.3. The summed E-state index contributed by atoms with van der Waals surface area (Å²) >= 11 is 0. The Morgan fingerprint density at radius 1 is 1.07 bits per heavy atom. The van der Waals surface area contributed by atoms with Gasteiger partial charge in [-0.25, -0.2) is 14.6 Å². The maximum Gasteiger partial charge on any atom is 0.250 e. The van der Waals surface area contributed by atoms with Crippen LogP contribution < -0.4 is 15.5 Å². The molecule has 6 rings (SSSR count). The molecule has 1 aliphatic carbocycles. The molecule has 3 N–H and O–H groups in total. The van der Waals surface area contributed by atoms with Crippen molar-refractivity contribution in [1.29, 1.82) is 0 Å². The van der Waals surface area contributed by atoms with E-state index in [4.69, 9.17) is 20.6 Å². The quantitative estimate of drug-likeness (QED) is 0.220. The van der Waals surface area contributed by atoms with E-state index in [0.717, 1.165) is 65.9 Å². The monoisotopic (exact) mass is 565 g/mol. The molecule has 0 saturated heterocycles. The van der Waals surface area contributed by atoms with Crippen LogP contribution in [0, 0.1) is 0 Å². The lowest BCUT2D eigenvalue weighted by atomic mass is 9.94. The first-order valence-corrected chi connectivity index (χ1v) is 14.3. The van der Waals surface area contributed by atoms with E-state index in [1.54, 1.807) is 42.5 Å². The minimum Gasteiger partial charge on any atom is -0.497 e. The van der Waals surface area contributed by atoms with Crippen LogP contribution in [0.2, 0.25) is 0 Å². The predicted octanol–water partition coefficient (Wildman–Crippen LogP) is 6.03. The van der Waals surface area contributed by atoms with Crippen molar-refractivity contribution < 1.29 is 14.7 Å². The molecule has 3 aromatic heterocycles. The molecule has 1 aliphatic rings. The first-order chi connectivity index (χ1) is 20.4. The Balaban J connectivity index is 1.45. The summed E-state index contributed by atoms with van der Waals surface area (Å²) in [6.45, 7) is 4.19. The number of primary amides is 1. The summed E-state index contributed by atoms with van der Waals surface area (Å²) in [5.74, 6) is 0.299. The Labute approximate surface area is 244 Å². The molecule has 10 nitrogen and oxygen atoms in total. The maximum absolute atomic E-state index is 12.3. The fraction of sp³-hybridized carbons (Fsp3) is 0.312. The van der Waals surface area contributed by atoms with Gasteiger partial charge in [0.2, 0.25) is 0 Å². The first kappa shape index (κ1) is 27.5. The largest absolute Gasteiger partial charge is 0.497 e. The van der Waals surface area contributed by atoms with Crippen LogP contribution in [0.1, 0.15) is 67.9 Å². The highest BCUT2D eigenvalue weighted by Gasteiger charge is 2.26. The number of pyridine rings is 1. The van der Waals surface area contributed by atoms with Crippen LogP contribution >= 0.6 is 0 Å². The molecule has 5 aromatic rings. The number of methoxy groups -OCH3 is 1. The third-order valence-corrected chi connectivity index (χ3v) is 8.03. The zero-order valence-corrected chi connectivity index (χ0v) is 24.1. The van der Waals surface area contributed by atoms with E-state index in [1.165, 1.54) is 5.06 Å². The molecule has 0 aliphatic heterocycles. The van der Waals surface area contributed by atoms with E-state index in [0.29, 0.717) is 17.0 Å². The Bertz CT molecular complexity index is 1730. The number of imidazole rings is 1. The van der Waals surface area contributed by atoms with Crippen molar-refractivity contribution in [3.05, 3.63) is 78.5 Å². The number of hydrogen-bond acceptors (Lipinski definition) is 7. The van der Waals surface area contributed by atoms with E-state index in [-0.39, 0.29) is 17.5 Å². The number of carbonyl (C=O) groups is 1. The minimum atomic E-state index is -0.590. The van der Waals surface area contributed by atoms with Crippen LogP contribution in [-0.4, -0.2) is 48.6 Å². The number of benzene rings is 2. The van der Waals surface area contributed by atoms with Gasteiger partial charge in [0.25, 0.3) is 5.91 Å². The van der Waals surface area contributed by atoms with Gasteiger partial charge >= 0.3 is 0 Å². The van der Waals surface area contributed by atoms with Gasteiger partial charge in [-0.3, -0.25) is 15.1 Å². The van der Waals surface area contributed by atoms with E-state index in [2.05, 4.69) is 18.8 Å². The number of fused-ring (bicyclic) bond motifs is 1. The molecule has 1 fully saturated rings. The molecule has 1 saturated carbocycles. The van der Waals surface area contributed by atoms with Crippen molar-refractivity contribution in [1.82, 2.24) is 24.3 Å². The van der Waals surface area contributed by atoms with Gasteiger partial charge in [-0.1, -0.05) is 33.1 Å². The van der Waals surface area contributed by atoms with Crippen molar-refractivity contribution in [2.75, 3.05) is 12.2 Å². The Kier molecular flexibility index (Phi) is 7.38. The van der Waals surface area contributed by atoms with Gasteiger partial charge in [-0.2, -0.15) is 5.10 Å². The molecule has 0 atom stereocenters. The zero-order chi connectivity index (χ0) is 29.4. The summed E-state index contributed by atoms with van der Waals surface area (Å²) in [5, 5.41) is 18.4. The summed E-state index contributed by atoms with van der Waals surface area (Å²) < 4.78 is 9.05. The number of anilines is 1. The summed E-state index contributed by atoms with van der Waals surface area (Å²) in [6, 6.07) is 14.9. The van der Waals surface area contributed by atoms with Gasteiger partial charge in [0, 0.05) is 18.0 Å². The van der Waals surface area contributed by atoms with Gasteiger partial charge in [-0.05, 0) is 67.3 Å². The molecule has 42 heavy (non-hydrogen) atoms. The second-order valence-electron chi connectivity index (χ2n) is 11.1. The van der Waals surface area contributed by atoms with Crippen LogP contribution in [0.25, 0.3) is 33.7 Å². The first-order valence-electron chi connectivity index (χ1n) is 14.3. The zero-order valence-electron chi connectivity index (χ0n) is 24.1. The van der Waals surface area contributed by atoms with E-state index >= 15 is 0 Å². The molecule has 2 aromatic carbocycles. The minimum absolute atomic E-state index is 0.0708. The molecule has 0 unspecified atom stereocenters. The average Bonchev–Trinajstić information content (AvgIpc) is 3.67. The van der Waals surface area contributed by atoms with Crippen LogP contribution in [-0.2, 0) is 0 Å². The highest BCUT2D eigenvalue weighted by atomic mass is 16.5. The van der Waals surface area contributed by atoms with Crippen LogP contribution in [0.4, 0.5) is 5.69 Å². The molecule has 1 amide bonds. The number of aromatic nitrogens is 5. The number of amides is 1. The SMILES string of the molecule is COc1ccc(-c2cn(-c3ccnc4c3c(C(C)C)nn4-c3ccc(C(N)=O)c(N(O)C4CCCCC4)c3)cn2)cc1. The topological polar surface area (TPSA) is 124 Å². The molecule has 0 bridgehead atoms. The van der Waals surface area contributed by atoms with E-state index in [1.807, 2.05) is 41.1 Å². The summed E-state index contributed by atoms with van der Waals surface area (Å²) in [6.07, 6.45) is 10.5. The third-order valence-electron chi connectivity index (χ3n) is 8.03. The summed E-state index contributed by atoms with van der Waals surface area (Å²) in [7, 11) is 1.65. The lowest BCUT2D eigenvalue weighted by Gasteiger charge is -2.31. The van der Waals surface area contributed by atoms with Gasteiger partial charge < -0.3 is 15.0 Å². The molecule has 10 heteroatoms. The van der Waals surface area contributed by atoms with Crippen molar-refractivity contribution in [3.63, 3.8) is 0 Å². The molecule has 0 radical (unpaired) electrons. The molecule has 3 heterocycles. The number of hydroxylamine groups is 1. The Morgan fingerprint density at radius 3 is 2.52 bits per heavy atom. The standard InChI is InChI=1S/C32H35N7O3/c1-20(2)30-29-27(37-18-26(35-19-37)21-9-12-24(42-3)13-10-21)15-16-34-32(29)38(36-30)23-11-14-25(31(33)40)28(17-23)39(41)22-7-5-4-6-8-22/h9-20,22,41H,4-8H2,1-3H3,(H2,33,40). The average molecular weight is 566 g/mol. The van der Waals surface area contributed by atoms with Gasteiger partial charge in [0.05, 0.1) is 58.9 Å². The van der Waals surface area contributed by atoms with E-state index in [9.17, 15) is 10.0 Å². The number of rotatable bonds is 8. The fourth-order valence-corrected chi connectivity index (χ4v) is 5.79. The highest BCUT2D eigenvalue weighted by Crippen LogP contribution is 2.34. The number of hydrogen-bond donors (Lipinski definition) is 2. The van der Waals surface area contributed by atoms with E-state index < -0.39 is 5.91 Å². The van der Waals surface area contributed by atoms with Gasteiger partial charge in [-0.15, -0.1) is 0 Å². The van der Waals surface area contributed by atoms with Crippen LogP contribution in [0.15, 0.2) is 67.3 Å². The number of nitrogens with zero attached hydrogens (tertiary/aromatic N) is 6. The van der Waals surface area contributed by atoms with Crippen molar-refractivity contribution in [2.45, 2.75) is 57.9 Å². The summed E-state index contributed by atoms with van der Waals surface area (Å²) in [4.78, 5) is 21.7. The predicted molar refractivity (Wildman–Crippen MR) is 162 cm³/mol. The molecule has 216 valence electrons. The summed E-state index contributed by atoms with van der Waals surface area (Å²) in [5.41, 5.74) is 11.3. The van der Waals surface area contributed by atoms with Gasteiger partial charge in [0.15, 0.2) is 5.65 Å². The van der Waals surface area contributed by atoms with Crippen molar-refractivity contribution >= 4 is 22.6 Å². The smallest absolute Gasteiger partial charge is 0.250 e. The highest BCUT2D eigenvalue weighted by molar-refractivity contribution is 5.99. The lowest BCUT2D eigenvalue weighted by molar-refractivity contribution is 0.0997. The molecule has 0 spiro atoms. The number of carbonyl (C=O) groups excluding carboxylic acids is 1. The lowest BCUT2D eigenvalue weighted by Crippen LogP contribution is -2.35. The van der Waals surface area contributed by atoms with Crippen molar-refractivity contribution in [2.24, 2.45) is 5.73 Å². The van der Waals surface area contributed by atoms with Crippen LogP contribution in [0.3, 0.4) is 0 Å². The molecular formula is C32H35N7O3. The number of ether oxygens (including phenoxy) is 1. The fourth-order valence-electron chi connectivity index (χ4n) is 5.79. The Hall–Kier alpha value is -4.70. The number of nitrogens with two attached hydrogens (primary N) is 1.